The number of nitrogen functional groups attached to an aromatic ring is 1. The number of aromatic hydroxyl groups is 1. The number of anilines is 2. The van der Waals surface area contributed by atoms with Crippen molar-refractivity contribution < 1.29 is 5.11 Å². The predicted molar refractivity (Wildman–Crippen MR) is 121 cm³/mol. The number of benzene rings is 3. The lowest BCUT2D eigenvalue weighted by atomic mass is 10.2. The number of nitrogens with two attached hydrogens (primary N) is 1. The molecule has 0 atom stereocenters. The molecule has 0 fully saturated rings. The number of phenols is 1. The average molecular weight is 460 g/mol. The van der Waals surface area contributed by atoms with Crippen LogP contribution < -0.4 is 11.1 Å². The van der Waals surface area contributed by atoms with Gasteiger partial charge in [0.2, 0.25) is 0 Å². The Hall–Kier alpha value is -2.22. The Kier molecular flexibility index (Phi) is 6.60. The second kappa shape index (κ2) is 9.12. The van der Waals surface area contributed by atoms with E-state index in [2.05, 4.69) is 38.9 Å². The summed E-state index contributed by atoms with van der Waals surface area (Å²) in [4.78, 5) is 5.04. The molecule has 0 saturated carbocycles. The Balaban J connectivity index is 0.000000177. The molecule has 0 radical (unpaired) electrons. The summed E-state index contributed by atoms with van der Waals surface area (Å²) in [6.45, 7) is 0.588. The molecule has 0 spiro atoms. The lowest BCUT2D eigenvalue weighted by Crippen LogP contribution is -1.99. The highest BCUT2D eigenvalue weighted by atomic mass is 79.9. The number of halogens is 1. The molecule has 0 saturated heterocycles. The van der Waals surface area contributed by atoms with Crippen LogP contribution in [0.4, 0.5) is 10.8 Å². The van der Waals surface area contributed by atoms with E-state index < -0.39 is 0 Å². The van der Waals surface area contributed by atoms with E-state index in [1.807, 2.05) is 60.7 Å². The molecule has 0 bridgehead atoms. The van der Waals surface area contributed by atoms with E-state index in [9.17, 15) is 5.11 Å². The van der Waals surface area contributed by atoms with Crippen LogP contribution in [-0.4, -0.2) is 10.1 Å². The second-order valence-corrected chi connectivity index (χ2v) is 8.19. The van der Waals surface area contributed by atoms with Gasteiger partial charge in [0.15, 0.2) is 5.13 Å². The van der Waals surface area contributed by atoms with E-state index in [1.165, 1.54) is 11.3 Å². The summed E-state index contributed by atoms with van der Waals surface area (Å²) >= 11 is 9.05. The summed E-state index contributed by atoms with van der Waals surface area (Å²) in [6.07, 6.45) is 0. The standard InChI is InChI=1S/C13H12BrNOS.C7H6N2S/c14-10-2-1-9(13(16)7-10)8-15-11-3-5-12(17)6-4-11;8-7-9-5-3-1-2-4-6(5)10-7/h1-7,15-17H,8H2;1-4H,(H2,8,9). The zero-order valence-corrected chi connectivity index (χ0v) is 17.6. The van der Waals surface area contributed by atoms with Gasteiger partial charge in [0.1, 0.15) is 5.75 Å². The summed E-state index contributed by atoms with van der Waals surface area (Å²) in [7, 11) is 0. The van der Waals surface area contributed by atoms with Gasteiger partial charge in [-0.05, 0) is 48.5 Å². The zero-order chi connectivity index (χ0) is 19.2. The van der Waals surface area contributed by atoms with Crippen molar-refractivity contribution in [2.24, 2.45) is 0 Å². The van der Waals surface area contributed by atoms with Crippen molar-refractivity contribution in [2.75, 3.05) is 11.1 Å². The molecule has 0 aliphatic rings. The minimum atomic E-state index is 0.290. The lowest BCUT2D eigenvalue weighted by molar-refractivity contribution is 0.468. The van der Waals surface area contributed by atoms with Crippen molar-refractivity contribution in [3.8, 4) is 5.75 Å². The van der Waals surface area contributed by atoms with Crippen LogP contribution in [0.1, 0.15) is 5.56 Å². The van der Waals surface area contributed by atoms with Crippen molar-refractivity contribution in [1.82, 2.24) is 4.98 Å². The van der Waals surface area contributed by atoms with E-state index in [-0.39, 0.29) is 5.75 Å². The van der Waals surface area contributed by atoms with Crippen LogP contribution in [0.3, 0.4) is 0 Å². The minimum Gasteiger partial charge on any atom is -0.508 e. The number of para-hydroxylation sites is 1. The van der Waals surface area contributed by atoms with Gasteiger partial charge in [0, 0.05) is 27.2 Å². The molecule has 0 unspecified atom stereocenters. The first-order valence-corrected chi connectivity index (χ1v) is 10.2. The highest BCUT2D eigenvalue weighted by Gasteiger charge is 2.01. The average Bonchev–Trinajstić information content (AvgIpc) is 3.03. The number of thiol groups is 1. The molecule has 27 heavy (non-hydrogen) atoms. The van der Waals surface area contributed by atoms with Gasteiger partial charge in [-0.25, -0.2) is 4.98 Å². The highest BCUT2D eigenvalue weighted by Crippen LogP contribution is 2.24. The zero-order valence-electron chi connectivity index (χ0n) is 14.3. The van der Waals surface area contributed by atoms with E-state index in [0.717, 1.165) is 30.8 Å². The molecule has 4 rings (SSSR count). The number of aromatic nitrogens is 1. The van der Waals surface area contributed by atoms with Crippen LogP contribution in [0.15, 0.2) is 76.1 Å². The molecule has 7 heteroatoms. The van der Waals surface area contributed by atoms with Gasteiger partial charge in [0.25, 0.3) is 0 Å². The first-order valence-electron chi connectivity index (χ1n) is 8.12. The monoisotopic (exact) mass is 459 g/mol. The van der Waals surface area contributed by atoms with Crippen LogP contribution in [0.25, 0.3) is 10.2 Å². The van der Waals surface area contributed by atoms with Crippen molar-refractivity contribution in [2.45, 2.75) is 11.4 Å². The first-order chi connectivity index (χ1) is 13.0. The number of nitrogens with zero attached hydrogens (tertiary/aromatic N) is 1. The van der Waals surface area contributed by atoms with Crippen LogP contribution >= 0.6 is 39.9 Å². The Morgan fingerprint density at radius 2 is 1.81 bits per heavy atom. The fraction of sp³-hybridized carbons (Fsp3) is 0.0500. The summed E-state index contributed by atoms with van der Waals surface area (Å²) in [5, 5.41) is 13.6. The van der Waals surface area contributed by atoms with Crippen LogP contribution in [0.2, 0.25) is 0 Å². The number of rotatable bonds is 3. The third kappa shape index (κ3) is 5.63. The van der Waals surface area contributed by atoms with E-state index >= 15 is 0 Å². The quantitative estimate of drug-likeness (QED) is 0.286. The van der Waals surface area contributed by atoms with Gasteiger partial charge in [-0.15, -0.1) is 12.6 Å². The first kappa shape index (κ1) is 19.5. The summed E-state index contributed by atoms with van der Waals surface area (Å²) in [5.74, 6) is 0.290. The van der Waals surface area contributed by atoms with Gasteiger partial charge >= 0.3 is 0 Å². The third-order valence-electron chi connectivity index (χ3n) is 3.71. The van der Waals surface area contributed by atoms with Gasteiger partial charge in [0.05, 0.1) is 10.2 Å². The molecule has 138 valence electrons. The van der Waals surface area contributed by atoms with E-state index in [0.29, 0.717) is 11.7 Å². The number of thiazole rings is 1. The maximum absolute atomic E-state index is 9.73. The molecular weight excluding hydrogens is 442 g/mol. The fourth-order valence-electron chi connectivity index (χ4n) is 2.35. The van der Waals surface area contributed by atoms with E-state index in [1.54, 1.807) is 6.07 Å². The lowest BCUT2D eigenvalue weighted by Gasteiger charge is -2.08. The molecule has 4 aromatic rings. The molecule has 1 heterocycles. The number of hydrogen-bond donors (Lipinski definition) is 4. The van der Waals surface area contributed by atoms with Crippen molar-refractivity contribution in [1.29, 1.82) is 0 Å². The molecule has 4 nitrogen and oxygen atoms in total. The number of phenolic OH excluding ortho intramolecular Hbond substituents is 1. The summed E-state index contributed by atoms with van der Waals surface area (Å²) in [6, 6.07) is 21.2. The maximum atomic E-state index is 9.73. The normalized spacial score (nSPS) is 10.3. The van der Waals surface area contributed by atoms with Crippen LogP contribution in [-0.2, 0) is 6.54 Å². The largest absolute Gasteiger partial charge is 0.508 e. The Morgan fingerprint density at radius 1 is 1.07 bits per heavy atom. The maximum Gasteiger partial charge on any atom is 0.181 e. The Labute approximate surface area is 175 Å². The minimum absolute atomic E-state index is 0.290. The number of nitrogens with one attached hydrogen (secondary N) is 1. The molecule has 0 amide bonds. The molecule has 0 aliphatic carbocycles. The molecular formula is C20H18BrN3OS2. The molecule has 1 aromatic heterocycles. The predicted octanol–water partition coefficient (Wildman–Crippen LogP) is 5.93. The summed E-state index contributed by atoms with van der Waals surface area (Å²) in [5.41, 5.74) is 8.36. The number of hydrogen-bond acceptors (Lipinski definition) is 6. The SMILES string of the molecule is Nc1nc2ccccc2s1.Oc1cc(Br)ccc1CNc1ccc(S)cc1. The van der Waals surface area contributed by atoms with Crippen LogP contribution in [0, 0.1) is 0 Å². The van der Waals surface area contributed by atoms with Crippen molar-refractivity contribution in [3.05, 3.63) is 76.8 Å². The topological polar surface area (TPSA) is 71.2 Å². The van der Waals surface area contributed by atoms with Crippen LogP contribution in [0.5, 0.6) is 5.75 Å². The van der Waals surface area contributed by atoms with Crippen molar-refractivity contribution >= 4 is 60.9 Å². The summed E-state index contributed by atoms with van der Waals surface area (Å²) < 4.78 is 2.03. The van der Waals surface area contributed by atoms with Gasteiger partial charge in [-0.3, -0.25) is 0 Å². The van der Waals surface area contributed by atoms with Gasteiger partial charge < -0.3 is 16.2 Å². The Morgan fingerprint density at radius 3 is 2.52 bits per heavy atom. The Bertz CT molecular complexity index is 1000. The van der Waals surface area contributed by atoms with Gasteiger partial charge in [-0.1, -0.05) is 45.5 Å². The molecule has 4 N–H and O–H groups in total. The second-order valence-electron chi connectivity index (χ2n) is 5.69. The highest BCUT2D eigenvalue weighted by molar-refractivity contribution is 9.10. The third-order valence-corrected chi connectivity index (χ3v) is 5.36. The smallest absolute Gasteiger partial charge is 0.181 e. The van der Waals surface area contributed by atoms with Crippen molar-refractivity contribution in [3.63, 3.8) is 0 Å². The fourth-order valence-corrected chi connectivity index (χ4v) is 3.59. The molecule has 3 aromatic carbocycles. The van der Waals surface area contributed by atoms with Gasteiger partial charge in [-0.2, -0.15) is 0 Å². The number of fused-ring (bicyclic) bond motifs is 1. The van der Waals surface area contributed by atoms with E-state index in [4.69, 9.17) is 5.73 Å². The molecule has 0 aliphatic heterocycles.